The Morgan fingerprint density at radius 3 is 1.62 bits per heavy atom. The monoisotopic (exact) mass is 406 g/mol. The van der Waals surface area contributed by atoms with Gasteiger partial charge in [-0.05, 0) is 23.8 Å². The second-order valence-electron chi connectivity index (χ2n) is 4.59. The van der Waals surface area contributed by atoms with Crippen molar-refractivity contribution in [3.63, 3.8) is 0 Å². The molecule has 0 aliphatic heterocycles. The second-order valence-corrected chi connectivity index (χ2v) is 4.59. The van der Waals surface area contributed by atoms with Crippen LogP contribution in [-0.2, 0) is 11.0 Å². The fourth-order valence-corrected chi connectivity index (χ4v) is 1.45. The van der Waals surface area contributed by atoms with Gasteiger partial charge in [-0.15, -0.1) is 0 Å². The summed E-state index contributed by atoms with van der Waals surface area (Å²) in [7, 11) is 0. The molecule has 0 unspecified atom stereocenters. The molecule has 0 spiro atoms. The molecule has 0 fully saturated rings. The van der Waals surface area contributed by atoms with Gasteiger partial charge in [0.2, 0.25) is 5.78 Å². The Morgan fingerprint density at radius 2 is 1.27 bits per heavy atom. The first-order valence-corrected chi connectivity index (χ1v) is 5.95. The molecule has 0 saturated carbocycles. The third-order valence-corrected chi connectivity index (χ3v) is 2.82. The Labute approximate surface area is 160 Å². The summed E-state index contributed by atoms with van der Waals surface area (Å²) in [5.74, 6) is -17.9. The van der Waals surface area contributed by atoms with Crippen molar-refractivity contribution in [2.24, 2.45) is 0 Å². The van der Waals surface area contributed by atoms with Crippen LogP contribution in [0.15, 0.2) is 30.3 Å². The van der Waals surface area contributed by atoms with E-state index in [2.05, 4.69) is 0 Å². The average molecular weight is 406 g/mol. The van der Waals surface area contributed by atoms with Crippen molar-refractivity contribution < 1.29 is 83.4 Å². The molecule has 0 aliphatic rings. The molecule has 0 heterocycles. The number of ketones is 1. The Morgan fingerprint density at radius 1 is 0.846 bits per heavy atom. The standard InChI is InChI=1S/C13H6F10O2.Na/c14-10(15,12(19,20)13(21,22)23)9(25)5-8(24)6-1-3-7(4-2-6)11(16,17)18;/h1-5,24H;/q;+1/p-1/b8-5-;. The molecule has 0 bridgehead atoms. The summed E-state index contributed by atoms with van der Waals surface area (Å²) >= 11 is 0. The van der Waals surface area contributed by atoms with Gasteiger partial charge < -0.3 is 5.11 Å². The minimum Gasteiger partial charge on any atom is -0.872 e. The van der Waals surface area contributed by atoms with E-state index >= 15 is 0 Å². The molecule has 0 N–H and O–H groups in total. The molecule has 0 radical (unpaired) electrons. The maximum Gasteiger partial charge on any atom is 1.00 e. The first-order chi connectivity index (χ1) is 11.0. The van der Waals surface area contributed by atoms with E-state index in [0.29, 0.717) is 24.3 Å². The average Bonchev–Trinajstić information content (AvgIpc) is 2.44. The molecular weight excluding hydrogens is 401 g/mol. The van der Waals surface area contributed by atoms with Crippen LogP contribution in [0.25, 0.3) is 5.76 Å². The number of carbonyl (C=O) groups excluding carboxylic acids is 1. The number of rotatable bonds is 4. The van der Waals surface area contributed by atoms with Gasteiger partial charge >= 0.3 is 53.8 Å². The number of alkyl halides is 10. The van der Waals surface area contributed by atoms with Crippen LogP contribution in [0.4, 0.5) is 43.9 Å². The van der Waals surface area contributed by atoms with E-state index in [1.165, 1.54) is 0 Å². The Hall–Kier alpha value is -1.27. The topological polar surface area (TPSA) is 40.1 Å². The minimum atomic E-state index is -6.77. The van der Waals surface area contributed by atoms with Crippen LogP contribution in [0.5, 0.6) is 0 Å². The molecule has 26 heavy (non-hydrogen) atoms. The fraction of sp³-hybridized carbons (Fsp3) is 0.308. The van der Waals surface area contributed by atoms with E-state index in [1.807, 2.05) is 0 Å². The zero-order valence-corrected chi connectivity index (χ0v) is 14.5. The van der Waals surface area contributed by atoms with E-state index in [9.17, 15) is 53.8 Å². The second kappa shape index (κ2) is 7.77. The third kappa shape index (κ3) is 4.92. The van der Waals surface area contributed by atoms with Crippen LogP contribution in [0.2, 0.25) is 0 Å². The quantitative estimate of drug-likeness (QED) is 0.322. The normalized spacial score (nSPS) is 14.0. The summed E-state index contributed by atoms with van der Waals surface area (Å²) in [5, 5.41) is 11.4. The van der Waals surface area contributed by atoms with Gasteiger partial charge in [-0.2, -0.15) is 43.9 Å². The van der Waals surface area contributed by atoms with Gasteiger partial charge in [0.15, 0.2) is 0 Å². The number of allylic oxidation sites excluding steroid dienone is 1. The summed E-state index contributed by atoms with van der Waals surface area (Å²) in [4.78, 5) is 11.0. The smallest absolute Gasteiger partial charge is 0.872 e. The first-order valence-electron chi connectivity index (χ1n) is 5.95. The van der Waals surface area contributed by atoms with Crippen molar-refractivity contribution in [2.75, 3.05) is 0 Å². The van der Waals surface area contributed by atoms with Crippen LogP contribution < -0.4 is 34.7 Å². The summed E-state index contributed by atoms with van der Waals surface area (Å²) in [6.45, 7) is 0. The van der Waals surface area contributed by atoms with Gasteiger partial charge in [0.05, 0.1) is 5.56 Å². The number of hydrogen-bond donors (Lipinski definition) is 0. The maximum atomic E-state index is 13.0. The fourth-order valence-electron chi connectivity index (χ4n) is 1.45. The van der Waals surface area contributed by atoms with Crippen LogP contribution in [-0.4, -0.2) is 23.8 Å². The summed E-state index contributed by atoms with van der Waals surface area (Å²) < 4.78 is 124. The molecule has 1 rings (SSSR count). The number of carbonyl (C=O) groups is 1. The van der Waals surface area contributed by atoms with Gasteiger partial charge in [-0.25, -0.2) is 0 Å². The molecule has 1 aromatic carbocycles. The van der Waals surface area contributed by atoms with Crippen LogP contribution in [0.3, 0.4) is 0 Å². The molecule has 0 aromatic heterocycles. The van der Waals surface area contributed by atoms with Crippen molar-refractivity contribution in [1.82, 2.24) is 0 Å². The third-order valence-electron chi connectivity index (χ3n) is 2.82. The zero-order chi connectivity index (χ0) is 19.8. The van der Waals surface area contributed by atoms with Crippen LogP contribution in [0.1, 0.15) is 11.1 Å². The predicted octanol–water partition coefficient (Wildman–Crippen LogP) is 0.813. The van der Waals surface area contributed by atoms with Gasteiger partial charge in [-0.1, -0.05) is 17.9 Å². The van der Waals surface area contributed by atoms with E-state index in [-0.39, 0.29) is 29.6 Å². The van der Waals surface area contributed by atoms with E-state index in [0.717, 1.165) is 0 Å². The molecule has 0 atom stereocenters. The Balaban J connectivity index is 0.00000625. The van der Waals surface area contributed by atoms with Crippen LogP contribution in [0, 0.1) is 0 Å². The van der Waals surface area contributed by atoms with Gasteiger partial charge in [0, 0.05) is 0 Å². The number of benzene rings is 1. The molecule has 13 heteroatoms. The van der Waals surface area contributed by atoms with Crippen molar-refractivity contribution in [2.45, 2.75) is 24.2 Å². The van der Waals surface area contributed by atoms with Gasteiger partial charge in [0.1, 0.15) is 0 Å². The Kier molecular flexibility index (Phi) is 7.39. The van der Waals surface area contributed by atoms with Crippen molar-refractivity contribution >= 4 is 11.5 Å². The van der Waals surface area contributed by atoms with E-state index < -0.39 is 52.9 Å². The minimum absolute atomic E-state index is 0. The number of hydrogen-bond acceptors (Lipinski definition) is 2. The molecular formula is C13H5F10NaO2. The molecule has 2 nitrogen and oxygen atoms in total. The van der Waals surface area contributed by atoms with Gasteiger partial charge in [0.25, 0.3) is 0 Å². The predicted molar refractivity (Wildman–Crippen MR) is 60.4 cm³/mol. The van der Waals surface area contributed by atoms with E-state index in [4.69, 9.17) is 0 Å². The summed E-state index contributed by atoms with van der Waals surface area (Å²) in [6, 6.07) is 1.53. The zero-order valence-electron chi connectivity index (χ0n) is 12.5. The molecule has 0 aliphatic carbocycles. The van der Waals surface area contributed by atoms with Crippen molar-refractivity contribution in [3.8, 4) is 0 Å². The van der Waals surface area contributed by atoms with E-state index in [1.54, 1.807) is 0 Å². The van der Waals surface area contributed by atoms with Gasteiger partial charge in [-0.3, -0.25) is 4.79 Å². The molecule has 140 valence electrons. The first kappa shape index (κ1) is 24.7. The molecule has 0 saturated heterocycles. The Bertz CT molecular complexity index is 674. The maximum absolute atomic E-state index is 13.0. The van der Waals surface area contributed by atoms with Crippen molar-refractivity contribution in [3.05, 3.63) is 41.5 Å². The summed E-state index contributed by atoms with van der Waals surface area (Å²) in [6.07, 6.45) is -12.3. The summed E-state index contributed by atoms with van der Waals surface area (Å²) in [5.41, 5.74) is -2.04. The molecule has 1 aromatic rings. The largest absolute Gasteiger partial charge is 1.00 e. The SMILES string of the molecule is O=C(/C=C(\[O-])c1ccc(C(F)(F)F)cc1)C(F)(F)C(F)(F)C(F)(F)F.[Na+]. The van der Waals surface area contributed by atoms with Crippen LogP contribution >= 0.6 is 0 Å². The molecule has 0 amide bonds. The van der Waals surface area contributed by atoms with Crippen molar-refractivity contribution in [1.29, 1.82) is 0 Å². The number of halogens is 10.